The molecule has 1 aliphatic rings. The minimum absolute atomic E-state index is 0.111. The average molecular weight is 470 g/mol. The lowest BCUT2D eigenvalue weighted by Crippen LogP contribution is -2.22. The zero-order valence-electron chi connectivity index (χ0n) is 17.3. The smallest absolute Gasteiger partial charge is 0.272 e. The summed E-state index contributed by atoms with van der Waals surface area (Å²) in [5, 5.41) is 11.4. The van der Waals surface area contributed by atoms with Gasteiger partial charge in [0.2, 0.25) is 5.88 Å². The van der Waals surface area contributed by atoms with Gasteiger partial charge in [-0.05, 0) is 35.9 Å². The van der Waals surface area contributed by atoms with Crippen LogP contribution in [0.15, 0.2) is 71.5 Å². The fourth-order valence-electron chi connectivity index (χ4n) is 3.32. The normalized spacial score (nSPS) is 14.8. The minimum Gasteiger partial charge on any atom is -0.470 e. The van der Waals surface area contributed by atoms with Crippen LogP contribution in [0.4, 0.5) is 8.78 Å². The third-order valence-electron chi connectivity index (χ3n) is 4.80. The third-order valence-corrected chi connectivity index (χ3v) is 5.05. The number of nitrogens with zero attached hydrogens (tertiary/aromatic N) is 3. The summed E-state index contributed by atoms with van der Waals surface area (Å²) >= 11 is 6.01. The maximum absolute atomic E-state index is 13.6. The van der Waals surface area contributed by atoms with E-state index in [1.54, 1.807) is 55.7 Å². The predicted octanol–water partition coefficient (Wildman–Crippen LogP) is 4.29. The SMILES string of the molecule is CN/C=C1/C=C(n2cc3ncc(OCC(F)F)nc3c(-c3ccc(Cl)cc3)c2=O)C=CC1=N. The van der Waals surface area contributed by atoms with E-state index in [1.807, 2.05) is 0 Å². The molecule has 2 N–H and O–H groups in total. The zero-order chi connectivity index (χ0) is 23.5. The largest absolute Gasteiger partial charge is 0.470 e. The van der Waals surface area contributed by atoms with Crippen molar-refractivity contribution in [2.45, 2.75) is 6.43 Å². The van der Waals surface area contributed by atoms with E-state index in [0.29, 0.717) is 33.1 Å². The molecule has 33 heavy (non-hydrogen) atoms. The lowest BCUT2D eigenvalue weighted by molar-refractivity contribution is 0.0796. The molecule has 168 valence electrons. The summed E-state index contributed by atoms with van der Waals surface area (Å²) in [4.78, 5) is 22.2. The Morgan fingerprint density at radius 3 is 2.73 bits per heavy atom. The number of alkyl halides is 2. The van der Waals surface area contributed by atoms with Crippen LogP contribution in [-0.4, -0.2) is 40.3 Å². The maximum Gasteiger partial charge on any atom is 0.272 e. The van der Waals surface area contributed by atoms with E-state index in [0.717, 1.165) is 0 Å². The van der Waals surface area contributed by atoms with E-state index in [-0.39, 0.29) is 17.0 Å². The highest BCUT2D eigenvalue weighted by Gasteiger charge is 2.19. The van der Waals surface area contributed by atoms with Crippen molar-refractivity contribution in [1.82, 2.24) is 19.9 Å². The summed E-state index contributed by atoms with van der Waals surface area (Å²) in [6.45, 7) is -0.836. The van der Waals surface area contributed by atoms with Crippen molar-refractivity contribution in [1.29, 1.82) is 5.41 Å². The Bertz CT molecular complexity index is 1380. The highest BCUT2D eigenvalue weighted by molar-refractivity contribution is 6.30. The lowest BCUT2D eigenvalue weighted by atomic mass is 10.0. The number of hydrogen-bond acceptors (Lipinski definition) is 6. The number of fused-ring (bicyclic) bond motifs is 1. The number of halogens is 3. The Kier molecular flexibility index (Phi) is 6.32. The van der Waals surface area contributed by atoms with E-state index in [4.69, 9.17) is 21.7 Å². The van der Waals surface area contributed by atoms with Crippen molar-refractivity contribution in [2.75, 3.05) is 13.7 Å². The monoisotopic (exact) mass is 469 g/mol. The van der Waals surface area contributed by atoms with Crippen molar-refractivity contribution in [2.24, 2.45) is 0 Å². The van der Waals surface area contributed by atoms with Crippen LogP contribution in [0.1, 0.15) is 0 Å². The first-order valence-electron chi connectivity index (χ1n) is 9.83. The Labute approximate surface area is 192 Å². The summed E-state index contributed by atoms with van der Waals surface area (Å²) in [7, 11) is 1.72. The number of nitrogens with one attached hydrogen (secondary N) is 2. The highest BCUT2D eigenvalue weighted by Crippen LogP contribution is 2.27. The first kappa shape index (κ1) is 22.3. The zero-order valence-corrected chi connectivity index (χ0v) is 18.1. The van der Waals surface area contributed by atoms with Crippen molar-refractivity contribution in [3.05, 3.63) is 82.0 Å². The van der Waals surface area contributed by atoms with Crippen LogP contribution in [-0.2, 0) is 0 Å². The van der Waals surface area contributed by atoms with Crippen molar-refractivity contribution in [3.63, 3.8) is 0 Å². The molecule has 0 fully saturated rings. The topological polar surface area (TPSA) is 92.9 Å². The number of ether oxygens (including phenoxy) is 1. The average Bonchev–Trinajstić information content (AvgIpc) is 2.80. The van der Waals surface area contributed by atoms with E-state index >= 15 is 0 Å². The van der Waals surface area contributed by atoms with Gasteiger partial charge < -0.3 is 15.5 Å². The molecule has 1 aromatic carbocycles. The highest BCUT2D eigenvalue weighted by atomic mass is 35.5. The van der Waals surface area contributed by atoms with Crippen molar-refractivity contribution < 1.29 is 13.5 Å². The van der Waals surface area contributed by atoms with Gasteiger partial charge in [0, 0.05) is 35.7 Å². The second-order valence-electron chi connectivity index (χ2n) is 7.03. The van der Waals surface area contributed by atoms with Gasteiger partial charge in [0.25, 0.3) is 12.0 Å². The summed E-state index contributed by atoms with van der Waals surface area (Å²) in [5.41, 5.74) is 2.32. The number of rotatable bonds is 6. The molecule has 0 saturated carbocycles. The Morgan fingerprint density at radius 1 is 1.27 bits per heavy atom. The minimum atomic E-state index is -2.67. The number of pyridine rings is 1. The van der Waals surface area contributed by atoms with E-state index < -0.39 is 18.6 Å². The first-order valence-corrected chi connectivity index (χ1v) is 10.2. The molecule has 7 nitrogen and oxygen atoms in total. The molecule has 0 radical (unpaired) electrons. The summed E-state index contributed by atoms with van der Waals surface area (Å²) in [6, 6.07) is 6.62. The second kappa shape index (κ2) is 9.33. The molecule has 3 aromatic rings. The van der Waals surface area contributed by atoms with Gasteiger partial charge in [-0.2, -0.15) is 0 Å². The standard InChI is InChI=1S/C23H18ClF2N5O2/c1-28-9-14-8-16(6-7-17(14)27)31-11-18-22(30-20(10-29-18)33-12-19(25)26)21(23(31)32)13-2-4-15(24)5-3-13/h2-11,19,27-28H,12H2,1H3/b14-9-,27-17?. The Hall–Kier alpha value is -3.85. The van der Waals surface area contributed by atoms with E-state index in [2.05, 4.69) is 15.3 Å². The molecule has 10 heteroatoms. The predicted molar refractivity (Wildman–Crippen MR) is 124 cm³/mol. The molecule has 1 aliphatic carbocycles. The van der Waals surface area contributed by atoms with Crippen LogP contribution in [0.5, 0.6) is 5.88 Å². The molecule has 0 bridgehead atoms. The lowest BCUT2D eigenvalue weighted by Gasteiger charge is -2.16. The van der Waals surface area contributed by atoms with Crippen molar-refractivity contribution >= 4 is 34.0 Å². The summed E-state index contributed by atoms with van der Waals surface area (Å²) in [6.07, 6.45) is 6.68. The van der Waals surface area contributed by atoms with Gasteiger partial charge in [0.15, 0.2) is 6.61 Å². The van der Waals surface area contributed by atoms with Crippen LogP contribution < -0.4 is 15.6 Å². The molecule has 0 unspecified atom stereocenters. The van der Waals surface area contributed by atoms with E-state index in [9.17, 15) is 13.6 Å². The molecule has 4 rings (SSSR count). The van der Waals surface area contributed by atoms with Gasteiger partial charge in [-0.25, -0.2) is 18.7 Å². The van der Waals surface area contributed by atoms with Gasteiger partial charge in [-0.15, -0.1) is 0 Å². The molecule has 2 aromatic heterocycles. The molecular formula is C23H18ClF2N5O2. The molecule has 0 aliphatic heterocycles. The maximum atomic E-state index is 13.6. The Balaban J connectivity index is 1.95. The molecule has 2 heterocycles. The quantitative estimate of drug-likeness (QED) is 0.562. The van der Waals surface area contributed by atoms with Crippen LogP contribution in [0, 0.1) is 5.41 Å². The van der Waals surface area contributed by atoms with Gasteiger partial charge in [-0.1, -0.05) is 23.7 Å². The number of aromatic nitrogens is 3. The van der Waals surface area contributed by atoms with Gasteiger partial charge in [-0.3, -0.25) is 9.36 Å². The first-order chi connectivity index (χ1) is 15.9. The Morgan fingerprint density at radius 2 is 2.03 bits per heavy atom. The van der Waals surface area contributed by atoms with Gasteiger partial charge in [0.05, 0.1) is 17.5 Å². The van der Waals surface area contributed by atoms with E-state index in [1.165, 1.54) is 17.0 Å². The summed E-state index contributed by atoms with van der Waals surface area (Å²) < 4.78 is 31.6. The van der Waals surface area contributed by atoms with Gasteiger partial charge in [0.1, 0.15) is 11.0 Å². The third kappa shape index (κ3) is 4.68. The van der Waals surface area contributed by atoms with Crippen molar-refractivity contribution in [3.8, 4) is 17.0 Å². The van der Waals surface area contributed by atoms with Gasteiger partial charge >= 0.3 is 0 Å². The second-order valence-corrected chi connectivity index (χ2v) is 7.47. The van der Waals surface area contributed by atoms with Crippen LogP contribution in [0.2, 0.25) is 5.02 Å². The fourth-order valence-corrected chi connectivity index (χ4v) is 3.45. The molecule has 0 amide bonds. The molecule has 0 spiro atoms. The molecular weight excluding hydrogens is 452 g/mol. The number of benzene rings is 1. The summed E-state index contributed by atoms with van der Waals surface area (Å²) in [5.74, 6) is -0.111. The molecule has 0 saturated heterocycles. The number of hydrogen-bond donors (Lipinski definition) is 2. The fraction of sp³-hybridized carbons (Fsp3) is 0.130. The molecule has 0 atom stereocenters. The van der Waals surface area contributed by atoms with Crippen LogP contribution >= 0.6 is 11.6 Å². The van der Waals surface area contributed by atoms with Crippen LogP contribution in [0.3, 0.4) is 0 Å². The number of allylic oxidation sites excluding steroid dienone is 5. The van der Waals surface area contributed by atoms with Crippen LogP contribution in [0.25, 0.3) is 27.9 Å².